The fraction of sp³-hybridized carbons (Fsp3) is 0.571. The number of rotatable bonds is 3. The highest BCUT2D eigenvalue weighted by atomic mass is 32.2. The quantitative estimate of drug-likeness (QED) is 0.923. The highest BCUT2D eigenvalue weighted by Crippen LogP contribution is 2.31. The number of fused-ring (bicyclic) bond motifs is 1. The Morgan fingerprint density at radius 3 is 2.95 bits per heavy atom. The maximum Gasteiger partial charge on any atom is 0.236 e. The molecule has 1 aromatic carbocycles. The number of anilines is 1. The van der Waals surface area contributed by atoms with Gasteiger partial charge in [-0.3, -0.25) is 4.31 Å². The van der Waals surface area contributed by atoms with Crippen molar-refractivity contribution in [1.29, 1.82) is 0 Å². The van der Waals surface area contributed by atoms with E-state index in [0.717, 1.165) is 31.4 Å². The van der Waals surface area contributed by atoms with Crippen LogP contribution in [0.5, 0.6) is 0 Å². The zero-order valence-electron chi connectivity index (χ0n) is 11.3. The molecule has 110 valence electrons. The Morgan fingerprint density at radius 2 is 2.20 bits per heavy atom. The zero-order chi connectivity index (χ0) is 14.2. The number of hydrogen-bond donors (Lipinski definition) is 1. The molecule has 6 heteroatoms. The van der Waals surface area contributed by atoms with Crippen molar-refractivity contribution in [1.82, 2.24) is 5.32 Å². The summed E-state index contributed by atoms with van der Waals surface area (Å²) in [5.41, 5.74) is 1.42. The van der Waals surface area contributed by atoms with Crippen molar-refractivity contribution in [2.45, 2.75) is 31.7 Å². The van der Waals surface area contributed by atoms with E-state index in [1.54, 1.807) is 6.07 Å². The molecule has 0 saturated carbocycles. The third kappa shape index (κ3) is 2.67. The average Bonchev–Trinajstić information content (AvgIpc) is 2.83. The zero-order valence-corrected chi connectivity index (χ0v) is 12.1. The molecule has 3 rings (SSSR count). The second-order valence-electron chi connectivity index (χ2n) is 5.52. The molecule has 0 spiro atoms. The lowest BCUT2D eigenvalue weighted by atomic mass is 10.1. The average molecular weight is 298 g/mol. The molecule has 0 aliphatic carbocycles. The molecule has 20 heavy (non-hydrogen) atoms. The van der Waals surface area contributed by atoms with Gasteiger partial charge in [0.1, 0.15) is 5.82 Å². The van der Waals surface area contributed by atoms with Gasteiger partial charge in [0.25, 0.3) is 0 Å². The van der Waals surface area contributed by atoms with E-state index in [9.17, 15) is 12.8 Å². The van der Waals surface area contributed by atoms with Crippen molar-refractivity contribution in [3.63, 3.8) is 0 Å². The van der Waals surface area contributed by atoms with Crippen LogP contribution in [-0.4, -0.2) is 33.3 Å². The Morgan fingerprint density at radius 1 is 1.35 bits per heavy atom. The molecule has 0 bridgehead atoms. The Labute approximate surface area is 119 Å². The van der Waals surface area contributed by atoms with E-state index >= 15 is 0 Å². The first-order valence-electron chi connectivity index (χ1n) is 7.08. The smallest absolute Gasteiger partial charge is 0.236 e. The molecule has 2 aliphatic rings. The van der Waals surface area contributed by atoms with Crippen molar-refractivity contribution in [3.8, 4) is 0 Å². The van der Waals surface area contributed by atoms with E-state index < -0.39 is 10.0 Å². The Hall–Kier alpha value is -1.14. The standard InChI is InChI=1S/C14H19FN2O2S/c15-12-5-4-11-6-8-17(14(11)9-12)20(18,19)10-13-3-1-2-7-16-13/h4-5,9,13,16H,1-3,6-8,10H2. The van der Waals surface area contributed by atoms with Crippen molar-refractivity contribution >= 4 is 15.7 Å². The monoisotopic (exact) mass is 298 g/mol. The van der Waals surface area contributed by atoms with Crippen molar-refractivity contribution in [2.75, 3.05) is 23.1 Å². The third-order valence-corrected chi connectivity index (χ3v) is 5.93. The van der Waals surface area contributed by atoms with Crippen molar-refractivity contribution in [3.05, 3.63) is 29.6 Å². The van der Waals surface area contributed by atoms with E-state index in [4.69, 9.17) is 0 Å². The van der Waals surface area contributed by atoms with Crippen LogP contribution in [0.1, 0.15) is 24.8 Å². The number of hydrogen-bond acceptors (Lipinski definition) is 3. The van der Waals surface area contributed by atoms with Gasteiger partial charge in [0.2, 0.25) is 10.0 Å². The molecule has 0 radical (unpaired) electrons. The molecule has 2 heterocycles. The minimum atomic E-state index is -3.39. The highest BCUT2D eigenvalue weighted by Gasteiger charge is 2.32. The molecule has 1 N–H and O–H groups in total. The van der Waals surface area contributed by atoms with Gasteiger partial charge in [0, 0.05) is 12.6 Å². The lowest BCUT2D eigenvalue weighted by Gasteiger charge is -2.27. The minimum Gasteiger partial charge on any atom is -0.313 e. The number of nitrogens with one attached hydrogen (secondary N) is 1. The van der Waals surface area contributed by atoms with Gasteiger partial charge in [-0.2, -0.15) is 0 Å². The predicted octanol–water partition coefficient (Wildman–Crippen LogP) is 1.66. The van der Waals surface area contributed by atoms with Gasteiger partial charge in [-0.15, -0.1) is 0 Å². The number of sulfonamides is 1. The summed E-state index contributed by atoms with van der Waals surface area (Å²) >= 11 is 0. The van der Waals surface area contributed by atoms with Crippen LogP contribution in [0.4, 0.5) is 10.1 Å². The normalized spacial score (nSPS) is 22.9. The second kappa shape index (κ2) is 5.33. The molecule has 1 atom stereocenters. The van der Waals surface area contributed by atoms with Gasteiger partial charge >= 0.3 is 0 Å². The van der Waals surface area contributed by atoms with Gasteiger partial charge in [0.05, 0.1) is 11.4 Å². The van der Waals surface area contributed by atoms with E-state index in [1.165, 1.54) is 16.4 Å². The molecule has 1 fully saturated rings. The largest absolute Gasteiger partial charge is 0.313 e. The second-order valence-corrected chi connectivity index (χ2v) is 7.46. The Bertz CT molecular complexity index is 597. The summed E-state index contributed by atoms with van der Waals surface area (Å²) < 4.78 is 39.8. The first kappa shape index (κ1) is 13.8. The molecule has 4 nitrogen and oxygen atoms in total. The Balaban J connectivity index is 1.81. The van der Waals surface area contributed by atoms with E-state index in [0.29, 0.717) is 18.7 Å². The molecule has 0 aromatic heterocycles. The maximum absolute atomic E-state index is 13.3. The third-order valence-electron chi connectivity index (χ3n) is 4.06. The summed E-state index contributed by atoms with van der Waals surface area (Å²) in [6.07, 6.45) is 3.72. The molecule has 1 aromatic rings. The van der Waals surface area contributed by atoms with Crippen molar-refractivity contribution in [2.24, 2.45) is 0 Å². The number of benzene rings is 1. The number of halogens is 1. The highest BCUT2D eigenvalue weighted by molar-refractivity contribution is 7.92. The lowest BCUT2D eigenvalue weighted by molar-refractivity contribution is 0.423. The van der Waals surface area contributed by atoms with Gasteiger partial charge < -0.3 is 5.32 Å². The van der Waals surface area contributed by atoms with Crippen LogP contribution >= 0.6 is 0 Å². The molecule has 0 amide bonds. The van der Waals surface area contributed by atoms with Crippen LogP contribution in [0.3, 0.4) is 0 Å². The first-order valence-corrected chi connectivity index (χ1v) is 8.69. The van der Waals surface area contributed by atoms with E-state index in [-0.39, 0.29) is 17.6 Å². The first-order chi connectivity index (χ1) is 9.56. The molecule has 1 unspecified atom stereocenters. The van der Waals surface area contributed by atoms with Crippen LogP contribution in [0, 0.1) is 5.82 Å². The summed E-state index contributed by atoms with van der Waals surface area (Å²) in [4.78, 5) is 0. The van der Waals surface area contributed by atoms with Crippen molar-refractivity contribution < 1.29 is 12.8 Å². The number of nitrogens with zero attached hydrogens (tertiary/aromatic N) is 1. The number of piperidine rings is 1. The summed E-state index contributed by atoms with van der Waals surface area (Å²) in [7, 11) is -3.39. The van der Waals surface area contributed by atoms with Gasteiger partial charge in [0.15, 0.2) is 0 Å². The summed E-state index contributed by atoms with van der Waals surface area (Å²) in [5.74, 6) is -0.287. The molecular formula is C14H19FN2O2S. The summed E-state index contributed by atoms with van der Waals surface area (Å²) in [5, 5.41) is 3.25. The van der Waals surface area contributed by atoms with E-state index in [2.05, 4.69) is 5.32 Å². The van der Waals surface area contributed by atoms with Gasteiger partial charge in [-0.05, 0) is 43.5 Å². The molecule has 2 aliphatic heterocycles. The molecular weight excluding hydrogens is 279 g/mol. The fourth-order valence-electron chi connectivity index (χ4n) is 3.02. The minimum absolute atomic E-state index is 0.0198. The van der Waals surface area contributed by atoms with Crippen LogP contribution in [-0.2, 0) is 16.4 Å². The van der Waals surface area contributed by atoms with Crippen LogP contribution in [0.2, 0.25) is 0 Å². The topological polar surface area (TPSA) is 49.4 Å². The Kier molecular flexibility index (Phi) is 3.69. The summed E-state index contributed by atoms with van der Waals surface area (Å²) in [6.45, 7) is 1.30. The lowest BCUT2D eigenvalue weighted by Crippen LogP contribution is -2.43. The van der Waals surface area contributed by atoms with E-state index in [1.807, 2.05) is 0 Å². The maximum atomic E-state index is 13.3. The SMILES string of the molecule is O=S(=O)(CC1CCCCN1)N1CCc2ccc(F)cc21. The van der Waals surface area contributed by atoms with Crippen LogP contribution < -0.4 is 9.62 Å². The predicted molar refractivity (Wildman–Crippen MR) is 76.9 cm³/mol. The fourth-order valence-corrected chi connectivity index (χ4v) is 4.83. The van der Waals surface area contributed by atoms with Crippen LogP contribution in [0.25, 0.3) is 0 Å². The van der Waals surface area contributed by atoms with Crippen LogP contribution in [0.15, 0.2) is 18.2 Å². The molecule has 1 saturated heterocycles. The van der Waals surface area contributed by atoms with Gasteiger partial charge in [-0.1, -0.05) is 12.5 Å². The summed E-state index contributed by atoms with van der Waals surface area (Å²) in [6, 6.07) is 4.41. The van der Waals surface area contributed by atoms with Gasteiger partial charge in [-0.25, -0.2) is 12.8 Å².